The molecule has 0 spiro atoms. The highest BCUT2D eigenvalue weighted by Gasteiger charge is 2.26. The first-order chi connectivity index (χ1) is 14.3. The number of hydrogen-bond donors (Lipinski definition) is 0. The topological polar surface area (TPSA) is 55.5 Å². The quantitative estimate of drug-likeness (QED) is 0.536. The van der Waals surface area contributed by atoms with Gasteiger partial charge in [-0.3, -0.25) is 9.88 Å². The van der Waals surface area contributed by atoms with Crippen LogP contribution in [0.2, 0.25) is 0 Å². The Morgan fingerprint density at radius 1 is 1.00 bits per heavy atom. The van der Waals surface area contributed by atoms with E-state index in [1.54, 1.807) is 0 Å². The monoisotopic (exact) mass is 385 g/mol. The molecule has 5 rings (SSSR count). The van der Waals surface area contributed by atoms with Crippen LogP contribution in [0.5, 0.6) is 0 Å². The minimum absolute atomic E-state index is 0.0892. The second-order valence-electron chi connectivity index (χ2n) is 7.45. The van der Waals surface area contributed by atoms with Crippen LogP contribution in [0.25, 0.3) is 16.6 Å². The summed E-state index contributed by atoms with van der Waals surface area (Å²) in [4.78, 5) is 7.00. The highest BCUT2D eigenvalue weighted by Crippen LogP contribution is 2.27. The van der Waals surface area contributed by atoms with E-state index in [0.29, 0.717) is 6.61 Å². The standard InChI is InChI=1S/C23H23N5O/c1-17-6-5-9-20(24-17)15-27-12-13-29-22(16-27)23-21-11-10-19(14-28(21)26-25-23)18-7-3-2-4-8-18/h2-11,14,22H,12-13,15-16H2,1H3. The molecule has 1 unspecified atom stereocenters. The van der Waals surface area contributed by atoms with Gasteiger partial charge in [-0.25, -0.2) is 4.52 Å². The molecule has 1 fully saturated rings. The highest BCUT2D eigenvalue weighted by molar-refractivity contribution is 5.66. The number of aryl methyl sites for hydroxylation is 1. The molecule has 4 heterocycles. The number of fused-ring (bicyclic) bond motifs is 1. The van der Waals surface area contributed by atoms with Crippen LogP contribution in [0, 0.1) is 6.92 Å². The Labute approximate surface area is 169 Å². The number of nitrogens with zero attached hydrogens (tertiary/aromatic N) is 5. The summed E-state index contributed by atoms with van der Waals surface area (Å²) in [5, 5.41) is 8.81. The molecule has 0 bridgehead atoms. The van der Waals surface area contributed by atoms with Gasteiger partial charge in [-0.2, -0.15) is 0 Å². The maximum absolute atomic E-state index is 6.06. The molecule has 0 saturated carbocycles. The summed E-state index contributed by atoms with van der Waals surface area (Å²) in [5.74, 6) is 0. The molecule has 3 aromatic heterocycles. The zero-order valence-electron chi connectivity index (χ0n) is 16.4. The lowest BCUT2D eigenvalue weighted by Crippen LogP contribution is -2.38. The summed E-state index contributed by atoms with van der Waals surface area (Å²) < 4.78 is 7.91. The maximum Gasteiger partial charge on any atom is 0.121 e. The van der Waals surface area contributed by atoms with Crippen molar-refractivity contribution in [2.24, 2.45) is 0 Å². The third-order valence-corrected chi connectivity index (χ3v) is 5.33. The number of benzene rings is 1. The van der Waals surface area contributed by atoms with Gasteiger partial charge in [-0.15, -0.1) is 5.10 Å². The predicted molar refractivity (Wildman–Crippen MR) is 111 cm³/mol. The van der Waals surface area contributed by atoms with Crippen LogP contribution in [0.4, 0.5) is 0 Å². The van der Waals surface area contributed by atoms with Crippen LogP contribution >= 0.6 is 0 Å². The van der Waals surface area contributed by atoms with E-state index < -0.39 is 0 Å². The smallest absolute Gasteiger partial charge is 0.121 e. The molecule has 0 amide bonds. The number of aromatic nitrogens is 4. The number of morpholine rings is 1. The number of rotatable bonds is 4. The summed E-state index contributed by atoms with van der Waals surface area (Å²) in [5.41, 5.74) is 6.30. The van der Waals surface area contributed by atoms with Crippen molar-refractivity contribution >= 4 is 5.52 Å². The van der Waals surface area contributed by atoms with Gasteiger partial charge in [0.15, 0.2) is 0 Å². The van der Waals surface area contributed by atoms with Crippen LogP contribution in [-0.2, 0) is 11.3 Å². The van der Waals surface area contributed by atoms with Gasteiger partial charge in [0.25, 0.3) is 0 Å². The van der Waals surface area contributed by atoms with Crippen molar-refractivity contribution in [3.05, 3.63) is 83.9 Å². The number of pyridine rings is 2. The third kappa shape index (κ3) is 3.77. The normalized spacial score (nSPS) is 17.6. The van der Waals surface area contributed by atoms with Gasteiger partial charge in [0.2, 0.25) is 0 Å². The molecule has 146 valence electrons. The predicted octanol–water partition coefficient (Wildman–Crippen LogP) is 3.67. The van der Waals surface area contributed by atoms with E-state index in [4.69, 9.17) is 4.74 Å². The number of hydrogen-bond acceptors (Lipinski definition) is 5. The molecule has 1 saturated heterocycles. The SMILES string of the molecule is Cc1cccc(CN2CCOC(c3nnn4cc(-c5ccccc5)ccc34)C2)n1. The van der Waals surface area contributed by atoms with Crippen LogP contribution in [0.1, 0.15) is 23.2 Å². The van der Waals surface area contributed by atoms with E-state index >= 15 is 0 Å². The van der Waals surface area contributed by atoms with Crippen molar-refractivity contribution in [3.8, 4) is 11.1 Å². The molecule has 0 radical (unpaired) electrons. The largest absolute Gasteiger partial charge is 0.369 e. The van der Waals surface area contributed by atoms with Gasteiger partial charge in [0.05, 0.1) is 17.8 Å². The van der Waals surface area contributed by atoms with Gasteiger partial charge in [-0.05, 0) is 30.7 Å². The Bertz CT molecular complexity index is 1120. The van der Waals surface area contributed by atoms with Crippen LogP contribution in [-0.4, -0.2) is 44.4 Å². The average Bonchev–Trinajstić information content (AvgIpc) is 3.18. The molecule has 1 aliphatic heterocycles. The minimum atomic E-state index is -0.0892. The van der Waals surface area contributed by atoms with Gasteiger partial charge in [0, 0.05) is 37.1 Å². The lowest BCUT2D eigenvalue weighted by molar-refractivity contribution is -0.0346. The first-order valence-electron chi connectivity index (χ1n) is 9.93. The Morgan fingerprint density at radius 3 is 2.76 bits per heavy atom. The second kappa shape index (κ2) is 7.73. The van der Waals surface area contributed by atoms with Crippen molar-refractivity contribution in [2.75, 3.05) is 19.7 Å². The Kier molecular flexibility index (Phi) is 4.79. The van der Waals surface area contributed by atoms with E-state index in [2.05, 4.69) is 56.6 Å². The molecular weight excluding hydrogens is 362 g/mol. The maximum atomic E-state index is 6.06. The first-order valence-corrected chi connectivity index (χ1v) is 9.93. The molecule has 0 N–H and O–H groups in total. The summed E-state index contributed by atoms with van der Waals surface area (Å²) >= 11 is 0. The molecule has 1 atom stereocenters. The number of ether oxygens (including phenoxy) is 1. The van der Waals surface area contributed by atoms with Gasteiger partial charge < -0.3 is 4.74 Å². The van der Waals surface area contributed by atoms with Gasteiger partial charge in [0.1, 0.15) is 11.8 Å². The summed E-state index contributed by atoms with van der Waals surface area (Å²) in [7, 11) is 0. The molecule has 0 aliphatic carbocycles. The minimum Gasteiger partial charge on any atom is -0.369 e. The highest BCUT2D eigenvalue weighted by atomic mass is 16.5. The third-order valence-electron chi connectivity index (χ3n) is 5.33. The lowest BCUT2D eigenvalue weighted by atomic mass is 10.1. The fourth-order valence-corrected chi connectivity index (χ4v) is 3.87. The molecule has 4 aromatic rings. The van der Waals surface area contributed by atoms with E-state index in [1.165, 1.54) is 0 Å². The summed E-state index contributed by atoms with van der Waals surface area (Å²) in [6.07, 6.45) is 1.94. The van der Waals surface area contributed by atoms with E-state index in [-0.39, 0.29) is 6.10 Å². The van der Waals surface area contributed by atoms with Gasteiger partial charge in [-0.1, -0.05) is 47.7 Å². The fraction of sp³-hybridized carbons (Fsp3) is 0.261. The second-order valence-corrected chi connectivity index (χ2v) is 7.45. The van der Waals surface area contributed by atoms with Crippen molar-refractivity contribution in [2.45, 2.75) is 19.6 Å². The van der Waals surface area contributed by atoms with E-state index in [0.717, 1.165) is 53.4 Å². The summed E-state index contributed by atoms with van der Waals surface area (Å²) in [6.45, 7) is 5.20. The summed E-state index contributed by atoms with van der Waals surface area (Å²) in [6, 6.07) is 20.7. The first kappa shape index (κ1) is 18.0. The van der Waals surface area contributed by atoms with Crippen molar-refractivity contribution in [1.82, 2.24) is 24.7 Å². The molecule has 1 aliphatic rings. The Morgan fingerprint density at radius 2 is 1.90 bits per heavy atom. The zero-order chi connectivity index (χ0) is 19.6. The average molecular weight is 385 g/mol. The van der Waals surface area contributed by atoms with Crippen LogP contribution in [0.3, 0.4) is 0 Å². The Balaban J connectivity index is 1.37. The molecule has 6 nitrogen and oxygen atoms in total. The van der Waals surface area contributed by atoms with Crippen molar-refractivity contribution in [1.29, 1.82) is 0 Å². The van der Waals surface area contributed by atoms with Crippen LogP contribution < -0.4 is 0 Å². The fourth-order valence-electron chi connectivity index (χ4n) is 3.87. The lowest BCUT2D eigenvalue weighted by Gasteiger charge is -2.31. The molecular formula is C23H23N5O. The molecule has 1 aromatic carbocycles. The zero-order valence-corrected chi connectivity index (χ0v) is 16.4. The van der Waals surface area contributed by atoms with E-state index in [1.807, 2.05) is 41.9 Å². The molecule has 6 heteroatoms. The van der Waals surface area contributed by atoms with Gasteiger partial charge >= 0.3 is 0 Å². The van der Waals surface area contributed by atoms with Crippen molar-refractivity contribution < 1.29 is 4.74 Å². The van der Waals surface area contributed by atoms with Crippen LogP contribution in [0.15, 0.2) is 66.9 Å². The van der Waals surface area contributed by atoms with Crippen molar-refractivity contribution in [3.63, 3.8) is 0 Å². The van der Waals surface area contributed by atoms with E-state index in [9.17, 15) is 0 Å². The Hall–Kier alpha value is -3.09. The molecule has 29 heavy (non-hydrogen) atoms.